The van der Waals surface area contributed by atoms with Gasteiger partial charge in [-0.05, 0) is 61.7 Å². The number of hydrazone groups is 1. The van der Waals surface area contributed by atoms with Crippen molar-refractivity contribution in [3.8, 4) is 0 Å². The number of nitrogens with one attached hydrogen (secondary N) is 2. The molecule has 2 amide bonds. The number of halogens is 3. The van der Waals surface area contributed by atoms with E-state index in [1.165, 1.54) is 24.3 Å². The minimum Gasteiger partial charge on any atom is -0.318 e. The predicted molar refractivity (Wildman–Crippen MR) is 96.7 cm³/mol. The van der Waals surface area contributed by atoms with Gasteiger partial charge in [-0.15, -0.1) is 0 Å². The number of benzene rings is 2. The largest absolute Gasteiger partial charge is 0.471 e. The number of carbonyl (C=O) groups excluding carboxylic acids is 2. The van der Waals surface area contributed by atoms with Crippen molar-refractivity contribution < 1.29 is 22.8 Å². The first-order valence-corrected chi connectivity index (χ1v) is 7.98. The van der Waals surface area contributed by atoms with Gasteiger partial charge in [-0.3, -0.25) is 9.59 Å². The zero-order chi connectivity index (χ0) is 20.2. The van der Waals surface area contributed by atoms with E-state index in [2.05, 4.69) is 10.5 Å². The summed E-state index contributed by atoms with van der Waals surface area (Å²) in [7, 11) is 0. The third-order valence-electron chi connectivity index (χ3n) is 3.91. The highest BCUT2D eigenvalue weighted by atomic mass is 19.4. The molecule has 0 aliphatic heterocycles. The van der Waals surface area contributed by atoms with Crippen LogP contribution in [0.25, 0.3) is 0 Å². The zero-order valence-electron chi connectivity index (χ0n) is 14.9. The molecule has 0 fully saturated rings. The summed E-state index contributed by atoms with van der Waals surface area (Å²) in [5.74, 6) is -2.41. The Morgan fingerprint density at radius 2 is 1.52 bits per heavy atom. The van der Waals surface area contributed by atoms with Crippen molar-refractivity contribution in [2.45, 2.75) is 26.9 Å². The van der Waals surface area contributed by atoms with E-state index in [0.29, 0.717) is 16.8 Å². The predicted octanol–water partition coefficient (Wildman–Crippen LogP) is 3.96. The third-order valence-corrected chi connectivity index (χ3v) is 3.91. The van der Waals surface area contributed by atoms with E-state index < -0.39 is 12.1 Å². The zero-order valence-corrected chi connectivity index (χ0v) is 14.9. The molecule has 0 saturated heterocycles. The topological polar surface area (TPSA) is 70.6 Å². The van der Waals surface area contributed by atoms with E-state index >= 15 is 0 Å². The molecule has 2 aromatic carbocycles. The van der Waals surface area contributed by atoms with Gasteiger partial charge in [-0.25, -0.2) is 5.43 Å². The molecule has 0 atom stereocenters. The Morgan fingerprint density at radius 3 is 2.07 bits per heavy atom. The van der Waals surface area contributed by atoms with Crippen LogP contribution in [-0.2, 0) is 4.79 Å². The molecular formula is C19H18F3N3O2. The fourth-order valence-corrected chi connectivity index (χ4v) is 2.14. The van der Waals surface area contributed by atoms with Crippen molar-refractivity contribution >= 4 is 23.2 Å². The van der Waals surface area contributed by atoms with Crippen molar-refractivity contribution in [1.82, 2.24) is 5.43 Å². The monoisotopic (exact) mass is 377 g/mol. The van der Waals surface area contributed by atoms with Crippen LogP contribution in [0.3, 0.4) is 0 Å². The molecular weight excluding hydrogens is 359 g/mol. The van der Waals surface area contributed by atoms with Gasteiger partial charge in [0, 0.05) is 11.3 Å². The first kappa shape index (κ1) is 20.2. The van der Waals surface area contributed by atoms with Crippen LogP contribution < -0.4 is 10.7 Å². The normalized spacial score (nSPS) is 11.9. The Kier molecular flexibility index (Phi) is 5.99. The first-order valence-electron chi connectivity index (χ1n) is 7.98. The average molecular weight is 377 g/mol. The highest BCUT2D eigenvalue weighted by Gasteiger charge is 2.38. The summed E-state index contributed by atoms with van der Waals surface area (Å²) >= 11 is 0. The number of hydrogen-bond donors (Lipinski definition) is 2. The SMILES string of the molecule is CC(=NNC(=O)c1ccc(C)c(C)c1)c1ccc(NC(=O)C(F)(F)F)cc1. The number of alkyl halides is 3. The highest BCUT2D eigenvalue weighted by Crippen LogP contribution is 2.18. The van der Waals surface area contributed by atoms with Crippen LogP contribution in [0.1, 0.15) is 34.0 Å². The van der Waals surface area contributed by atoms with E-state index in [9.17, 15) is 22.8 Å². The van der Waals surface area contributed by atoms with Gasteiger partial charge in [0.15, 0.2) is 0 Å². The Bertz CT molecular complexity index is 888. The summed E-state index contributed by atoms with van der Waals surface area (Å²) in [5.41, 5.74) is 6.02. The summed E-state index contributed by atoms with van der Waals surface area (Å²) in [6.07, 6.45) is -4.95. The van der Waals surface area contributed by atoms with E-state index in [1.807, 2.05) is 19.9 Å². The maximum Gasteiger partial charge on any atom is 0.471 e. The first-order chi connectivity index (χ1) is 12.6. The van der Waals surface area contributed by atoms with Crippen molar-refractivity contribution in [3.05, 3.63) is 64.7 Å². The van der Waals surface area contributed by atoms with Crippen LogP contribution in [-0.4, -0.2) is 23.7 Å². The van der Waals surface area contributed by atoms with Gasteiger partial charge in [0.1, 0.15) is 0 Å². The molecule has 2 rings (SSSR count). The molecule has 142 valence electrons. The molecule has 2 N–H and O–H groups in total. The Hall–Kier alpha value is -3.16. The molecule has 0 heterocycles. The van der Waals surface area contributed by atoms with Gasteiger partial charge in [-0.1, -0.05) is 18.2 Å². The summed E-state index contributed by atoms with van der Waals surface area (Å²) in [4.78, 5) is 23.0. The maximum atomic E-state index is 12.2. The lowest BCUT2D eigenvalue weighted by molar-refractivity contribution is -0.167. The number of anilines is 1. The second-order valence-electron chi connectivity index (χ2n) is 5.97. The molecule has 0 radical (unpaired) electrons. The molecule has 8 heteroatoms. The molecule has 0 aromatic heterocycles. The molecule has 0 aliphatic rings. The molecule has 27 heavy (non-hydrogen) atoms. The fraction of sp³-hybridized carbons (Fsp3) is 0.211. The number of carbonyl (C=O) groups is 2. The minimum atomic E-state index is -4.95. The van der Waals surface area contributed by atoms with Crippen LogP contribution in [0.5, 0.6) is 0 Å². The Labute approximate surface area is 154 Å². The van der Waals surface area contributed by atoms with Crippen LogP contribution in [0.2, 0.25) is 0 Å². The number of nitrogens with zero attached hydrogens (tertiary/aromatic N) is 1. The Morgan fingerprint density at radius 1 is 0.926 bits per heavy atom. The summed E-state index contributed by atoms with van der Waals surface area (Å²) < 4.78 is 36.7. The van der Waals surface area contributed by atoms with E-state index in [1.54, 1.807) is 24.4 Å². The Balaban J connectivity index is 2.04. The van der Waals surface area contributed by atoms with Gasteiger partial charge >= 0.3 is 12.1 Å². The highest BCUT2D eigenvalue weighted by molar-refractivity contribution is 6.01. The van der Waals surface area contributed by atoms with Gasteiger partial charge in [0.25, 0.3) is 5.91 Å². The molecule has 0 saturated carbocycles. The van der Waals surface area contributed by atoms with Gasteiger partial charge < -0.3 is 5.32 Å². The van der Waals surface area contributed by atoms with Crippen molar-refractivity contribution in [1.29, 1.82) is 0 Å². The standard InChI is InChI=1S/C19H18F3N3O2/c1-11-4-5-15(10-12(11)2)17(26)25-24-13(3)14-6-8-16(9-7-14)23-18(27)19(20,21)22/h4-10H,1-3H3,(H,23,27)(H,25,26). The van der Waals surface area contributed by atoms with Crippen LogP contribution in [0.4, 0.5) is 18.9 Å². The lowest BCUT2D eigenvalue weighted by Crippen LogP contribution is -2.29. The number of rotatable bonds is 4. The van der Waals surface area contributed by atoms with Crippen LogP contribution >= 0.6 is 0 Å². The molecule has 5 nitrogen and oxygen atoms in total. The van der Waals surface area contributed by atoms with Crippen molar-refractivity contribution in [3.63, 3.8) is 0 Å². The van der Waals surface area contributed by atoms with Crippen molar-refractivity contribution in [2.75, 3.05) is 5.32 Å². The molecule has 0 spiro atoms. The number of aryl methyl sites for hydroxylation is 2. The van der Waals surface area contributed by atoms with Gasteiger partial charge in [0.05, 0.1) is 5.71 Å². The molecule has 0 unspecified atom stereocenters. The molecule has 0 bridgehead atoms. The second kappa shape index (κ2) is 8.03. The van der Waals surface area contributed by atoms with Gasteiger partial charge in [-0.2, -0.15) is 18.3 Å². The quantitative estimate of drug-likeness (QED) is 0.625. The fourth-order valence-electron chi connectivity index (χ4n) is 2.14. The average Bonchev–Trinajstić information content (AvgIpc) is 2.61. The van der Waals surface area contributed by atoms with E-state index in [4.69, 9.17) is 0 Å². The summed E-state index contributed by atoms with van der Waals surface area (Å²) in [5, 5.41) is 5.76. The molecule has 2 aromatic rings. The van der Waals surface area contributed by atoms with Crippen molar-refractivity contribution in [2.24, 2.45) is 5.10 Å². The maximum absolute atomic E-state index is 12.2. The van der Waals surface area contributed by atoms with E-state index in [-0.39, 0.29) is 11.6 Å². The van der Waals surface area contributed by atoms with Crippen LogP contribution in [0, 0.1) is 13.8 Å². The smallest absolute Gasteiger partial charge is 0.318 e. The van der Waals surface area contributed by atoms with Crippen LogP contribution in [0.15, 0.2) is 47.6 Å². The third kappa shape index (κ3) is 5.40. The lowest BCUT2D eigenvalue weighted by atomic mass is 10.1. The molecule has 0 aliphatic carbocycles. The summed E-state index contributed by atoms with van der Waals surface area (Å²) in [6.45, 7) is 5.49. The number of amides is 2. The number of hydrogen-bond acceptors (Lipinski definition) is 3. The van der Waals surface area contributed by atoms with E-state index in [0.717, 1.165) is 11.1 Å². The van der Waals surface area contributed by atoms with Gasteiger partial charge in [0.2, 0.25) is 0 Å². The summed E-state index contributed by atoms with van der Waals surface area (Å²) in [6, 6.07) is 10.9. The second-order valence-corrected chi connectivity index (χ2v) is 5.97. The lowest BCUT2D eigenvalue weighted by Gasteiger charge is -2.09. The minimum absolute atomic E-state index is 0.00745.